The molecule has 3 aromatic rings. The van der Waals surface area contributed by atoms with Crippen LogP contribution in [-0.4, -0.2) is 51.5 Å². The van der Waals surface area contributed by atoms with Gasteiger partial charge in [-0.15, -0.1) is 0 Å². The van der Waals surface area contributed by atoms with E-state index >= 15 is 0 Å². The highest BCUT2D eigenvalue weighted by atomic mass is 16.5. The first kappa shape index (κ1) is 19.6. The number of hydrogen-bond donors (Lipinski definition) is 2. The molecule has 8 heteroatoms. The van der Waals surface area contributed by atoms with Crippen molar-refractivity contribution in [1.29, 1.82) is 0 Å². The van der Waals surface area contributed by atoms with E-state index in [1.54, 1.807) is 23.6 Å². The van der Waals surface area contributed by atoms with Crippen molar-refractivity contribution in [2.45, 2.75) is 24.9 Å². The Bertz CT molecular complexity index is 1010. The topological polar surface area (TPSA) is 100 Å². The fourth-order valence-corrected chi connectivity index (χ4v) is 3.79. The van der Waals surface area contributed by atoms with Gasteiger partial charge in [-0.1, -0.05) is 36.4 Å². The van der Waals surface area contributed by atoms with Gasteiger partial charge in [-0.05, 0) is 17.2 Å². The van der Waals surface area contributed by atoms with Gasteiger partial charge in [-0.2, -0.15) is 0 Å². The lowest BCUT2D eigenvalue weighted by Gasteiger charge is -2.35. The first-order valence-electron chi connectivity index (χ1n) is 9.78. The summed E-state index contributed by atoms with van der Waals surface area (Å²) >= 11 is 0. The van der Waals surface area contributed by atoms with Crippen molar-refractivity contribution in [3.8, 4) is 0 Å². The first-order valence-corrected chi connectivity index (χ1v) is 9.78. The molecule has 0 aliphatic carbocycles. The lowest BCUT2D eigenvalue weighted by atomic mass is 9.97. The summed E-state index contributed by atoms with van der Waals surface area (Å²) in [6.07, 6.45) is 6.06. The van der Waals surface area contributed by atoms with E-state index in [0.29, 0.717) is 19.4 Å². The number of urea groups is 1. The van der Waals surface area contributed by atoms with Gasteiger partial charge in [0.25, 0.3) is 0 Å². The molecular formula is C22H23N5O3. The minimum absolute atomic E-state index is 0.344. The Morgan fingerprint density at radius 3 is 2.83 bits per heavy atom. The third kappa shape index (κ3) is 4.03. The standard InChI is InChI=1S/C22H23N5O3/c1-30-21(28)18(12-15-6-3-2-4-7-15)26-22(29)27-11-9-17-19(25-14-24-17)20(27)16-8-5-10-23-13-16/h2-8,10,13-14,18,20H,9,11-12H2,1H3,(H,24,25)(H,26,29)/t18-,20+/m1/s1. The number of amides is 2. The van der Waals surface area contributed by atoms with Crippen molar-refractivity contribution < 1.29 is 14.3 Å². The number of fused-ring (bicyclic) bond motifs is 1. The smallest absolute Gasteiger partial charge is 0.328 e. The number of H-pyrrole nitrogens is 1. The molecule has 0 radical (unpaired) electrons. The summed E-state index contributed by atoms with van der Waals surface area (Å²) in [6.45, 7) is 0.486. The van der Waals surface area contributed by atoms with Crippen molar-refractivity contribution >= 4 is 12.0 Å². The molecule has 3 heterocycles. The molecule has 2 amide bonds. The molecular weight excluding hydrogens is 382 g/mol. The normalized spacial score (nSPS) is 16.4. The van der Waals surface area contributed by atoms with Crippen LogP contribution in [-0.2, 0) is 22.4 Å². The van der Waals surface area contributed by atoms with E-state index in [1.807, 2.05) is 42.5 Å². The molecule has 2 atom stereocenters. The van der Waals surface area contributed by atoms with Crippen LogP contribution >= 0.6 is 0 Å². The number of aromatic amines is 1. The van der Waals surface area contributed by atoms with Crippen molar-refractivity contribution in [1.82, 2.24) is 25.2 Å². The van der Waals surface area contributed by atoms with Crippen LogP contribution in [0.5, 0.6) is 0 Å². The highest BCUT2D eigenvalue weighted by molar-refractivity contribution is 5.84. The Morgan fingerprint density at radius 2 is 2.10 bits per heavy atom. The van der Waals surface area contributed by atoms with Gasteiger partial charge < -0.3 is 19.9 Å². The highest BCUT2D eigenvalue weighted by Gasteiger charge is 2.35. The van der Waals surface area contributed by atoms with Gasteiger partial charge in [0.2, 0.25) is 0 Å². The number of benzene rings is 1. The predicted molar refractivity (Wildman–Crippen MR) is 110 cm³/mol. The molecule has 1 aliphatic rings. The molecule has 0 fully saturated rings. The van der Waals surface area contributed by atoms with E-state index in [1.165, 1.54) is 7.11 Å². The Kier molecular flexibility index (Phi) is 5.74. The van der Waals surface area contributed by atoms with E-state index in [-0.39, 0.29) is 12.1 Å². The van der Waals surface area contributed by atoms with Gasteiger partial charge in [0.05, 0.1) is 19.1 Å². The van der Waals surface area contributed by atoms with Gasteiger partial charge in [-0.25, -0.2) is 14.6 Å². The third-order valence-corrected chi connectivity index (χ3v) is 5.25. The lowest BCUT2D eigenvalue weighted by molar-refractivity contribution is -0.142. The molecule has 30 heavy (non-hydrogen) atoms. The van der Waals surface area contributed by atoms with Crippen LogP contribution in [0.1, 0.15) is 28.6 Å². The summed E-state index contributed by atoms with van der Waals surface area (Å²) in [4.78, 5) is 39.1. The first-order chi connectivity index (χ1) is 14.7. The van der Waals surface area contributed by atoms with Crippen molar-refractivity contribution in [3.63, 3.8) is 0 Å². The maximum absolute atomic E-state index is 13.3. The number of esters is 1. The minimum atomic E-state index is -0.792. The molecule has 8 nitrogen and oxygen atoms in total. The van der Waals surface area contributed by atoms with Crippen LogP contribution in [0.4, 0.5) is 4.79 Å². The number of carbonyl (C=O) groups excluding carboxylic acids is 2. The Morgan fingerprint density at radius 1 is 1.27 bits per heavy atom. The van der Waals surface area contributed by atoms with Gasteiger partial charge in [0.15, 0.2) is 0 Å². The molecule has 154 valence electrons. The number of rotatable bonds is 5. The largest absolute Gasteiger partial charge is 0.467 e. The van der Waals surface area contributed by atoms with Crippen LogP contribution in [0.2, 0.25) is 0 Å². The predicted octanol–water partition coefficient (Wildman–Crippen LogP) is 2.25. The maximum Gasteiger partial charge on any atom is 0.328 e. The second-order valence-corrected chi connectivity index (χ2v) is 7.11. The average molecular weight is 405 g/mol. The number of nitrogens with one attached hydrogen (secondary N) is 2. The van der Waals surface area contributed by atoms with Gasteiger partial charge in [-0.3, -0.25) is 4.98 Å². The van der Waals surface area contributed by atoms with Crippen LogP contribution in [0, 0.1) is 0 Å². The number of hydrogen-bond acceptors (Lipinski definition) is 5. The SMILES string of the molecule is COC(=O)[C@@H](Cc1ccccc1)NC(=O)N1CCc2[nH]cnc2[C@@H]1c1cccnc1. The van der Waals surface area contributed by atoms with Crippen LogP contribution in [0.25, 0.3) is 0 Å². The summed E-state index contributed by atoms with van der Waals surface area (Å²) < 4.78 is 4.93. The Hall–Kier alpha value is -3.68. The van der Waals surface area contributed by atoms with Gasteiger partial charge >= 0.3 is 12.0 Å². The van der Waals surface area contributed by atoms with Crippen molar-refractivity contribution in [2.24, 2.45) is 0 Å². The van der Waals surface area contributed by atoms with E-state index in [2.05, 4.69) is 20.3 Å². The quantitative estimate of drug-likeness (QED) is 0.634. The zero-order valence-electron chi connectivity index (χ0n) is 16.6. The van der Waals surface area contributed by atoms with Gasteiger partial charge in [0, 0.05) is 37.5 Å². The monoisotopic (exact) mass is 405 g/mol. The van der Waals surface area contributed by atoms with E-state index in [0.717, 1.165) is 22.5 Å². The number of ether oxygens (including phenoxy) is 1. The Labute approximate surface area is 174 Å². The van der Waals surface area contributed by atoms with Crippen LogP contribution in [0.3, 0.4) is 0 Å². The summed E-state index contributed by atoms with van der Waals surface area (Å²) in [5, 5.41) is 2.86. The number of pyridine rings is 1. The molecule has 4 rings (SSSR count). The highest BCUT2D eigenvalue weighted by Crippen LogP contribution is 2.32. The van der Waals surface area contributed by atoms with Crippen molar-refractivity contribution in [2.75, 3.05) is 13.7 Å². The molecule has 1 aromatic carbocycles. The molecule has 0 saturated heterocycles. The molecule has 0 unspecified atom stereocenters. The fraction of sp³-hybridized carbons (Fsp3) is 0.273. The van der Waals surface area contributed by atoms with Crippen molar-refractivity contribution in [3.05, 3.63) is 83.7 Å². The lowest BCUT2D eigenvalue weighted by Crippen LogP contribution is -2.52. The number of methoxy groups -OCH3 is 1. The number of imidazole rings is 1. The summed E-state index contributed by atoms with van der Waals surface area (Å²) in [6, 6.07) is 11.8. The second-order valence-electron chi connectivity index (χ2n) is 7.11. The minimum Gasteiger partial charge on any atom is -0.467 e. The van der Waals surface area contributed by atoms with E-state index in [9.17, 15) is 9.59 Å². The molecule has 1 aliphatic heterocycles. The zero-order valence-corrected chi connectivity index (χ0v) is 16.6. The maximum atomic E-state index is 13.3. The van der Waals surface area contributed by atoms with E-state index < -0.39 is 12.0 Å². The molecule has 0 spiro atoms. The summed E-state index contributed by atoms with van der Waals surface area (Å²) in [5.74, 6) is -0.484. The van der Waals surface area contributed by atoms with Gasteiger partial charge in [0.1, 0.15) is 12.1 Å². The third-order valence-electron chi connectivity index (χ3n) is 5.25. The molecule has 0 bridgehead atoms. The number of carbonyl (C=O) groups is 2. The fourth-order valence-electron chi connectivity index (χ4n) is 3.79. The summed E-state index contributed by atoms with van der Waals surface area (Å²) in [7, 11) is 1.32. The van der Waals surface area contributed by atoms with Crippen LogP contribution in [0.15, 0.2) is 61.2 Å². The molecule has 0 saturated carbocycles. The molecule has 2 N–H and O–H groups in total. The number of aromatic nitrogens is 3. The second kappa shape index (κ2) is 8.77. The average Bonchev–Trinajstić information content (AvgIpc) is 3.27. The summed E-state index contributed by atoms with van der Waals surface area (Å²) in [5.41, 5.74) is 3.59. The van der Waals surface area contributed by atoms with Crippen LogP contribution < -0.4 is 5.32 Å². The zero-order chi connectivity index (χ0) is 20.9. The van der Waals surface area contributed by atoms with E-state index in [4.69, 9.17) is 4.74 Å². The molecule has 2 aromatic heterocycles. The number of nitrogens with zero attached hydrogens (tertiary/aromatic N) is 3. The Balaban J connectivity index is 1.59.